The molecule has 1 amide bonds. The van der Waals surface area contributed by atoms with Crippen LogP contribution in [0.1, 0.15) is 33.5 Å². The highest BCUT2D eigenvalue weighted by Gasteiger charge is 2.23. The molecule has 1 aliphatic rings. The number of fused-ring (bicyclic) bond motifs is 1. The van der Waals surface area contributed by atoms with Crippen LogP contribution in [0.5, 0.6) is 0 Å². The van der Waals surface area contributed by atoms with E-state index in [0.717, 1.165) is 25.3 Å². The number of rotatable bonds is 4. The Morgan fingerprint density at radius 2 is 2.12 bits per heavy atom. The van der Waals surface area contributed by atoms with Crippen molar-refractivity contribution in [1.29, 1.82) is 0 Å². The average molecular weight is 368 g/mol. The van der Waals surface area contributed by atoms with E-state index in [1.165, 1.54) is 40.8 Å². The van der Waals surface area contributed by atoms with E-state index in [2.05, 4.69) is 5.32 Å². The first-order valence-corrected chi connectivity index (χ1v) is 8.72. The fourth-order valence-electron chi connectivity index (χ4n) is 2.53. The van der Waals surface area contributed by atoms with Gasteiger partial charge in [-0.1, -0.05) is 11.6 Å². The number of nitrogens with one attached hydrogen (secondary N) is 1. The molecule has 0 spiro atoms. The lowest BCUT2D eigenvalue weighted by molar-refractivity contribution is -0.123. The number of thiophene rings is 1. The second-order valence-electron chi connectivity index (χ2n) is 5.57. The van der Waals surface area contributed by atoms with Gasteiger partial charge in [0.05, 0.1) is 10.7 Å². The summed E-state index contributed by atoms with van der Waals surface area (Å²) in [5.74, 6) is -1.54. The number of aryl methyl sites for hydroxylation is 2. The van der Waals surface area contributed by atoms with Crippen molar-refractivity contribution in [3.05, 3.63) is 50.4 Å². The SMILES string of the molecule is C[C@@H](OC(=O)c1cc2c(s1)CCC2)C(=O)Nc1ccc(F)cc1Cl. The zero-order chi connectivity index (χ0) is 17.3. The lowest BCUT2D eigenvalue weighted by atomic mass is 10.2. The summed E-state index contributed by atoms with van der Waals surface area (Å²) >= 11 is 7.28. The summed E-state index contributed by atoms with van der Waals surface area (Å²) in [6.07, 6.45) is 2.11. The maximum absolute atomic E-state index is 13.0. The lowest BCUT2D eigenvalue weighted by Gasteiger charge is -2.13. The molecule has 1 aromatic carbocycles. The van der Waals surface area contributed by atoms with Gasteiger partial charge in [-0.05, 0) is 56.0 Å². The standard InChI is InChI=1S/C17H15ClFNO3S/c1-9(16(21)20-13-6-5-11(19)8-12(13)18)23-17(22)15-7-10-3-2-4-14(10)24-15/h5-9H,2-4H2,1H3,(H,20,21)/t9-/m1/s1. The van der Waals surface area contributed by atoms with E-state index >= 15 is 0 Å². The van der Waals surface area contributed by atoms with Gasteiger partial charge in [-0.25, -0.2) is 9.18 Å². The Bertz CT molecular complexity index is 784. The summed E-state index contributed by atoms with van der Waals surface area (Å²) < 4.78 is 18.2. The van der Waals surface area contributed by atoms with Crippen LogP contribution in [0.15, 0.2) is 24.3 Å². The first-order chi connectivity index (χ1) is 11.4. The van der Waals surface area contributed by atoms with Crippen molar-refractivity contribution in [3.63, 3.8) is 0 Å². The highest BCUT2D eigenvalue weighted by molar-refractivity contribution is 7.14. The fraction of sp³-hybridized carbons (Fsp3) is 0.294. The number of carbonyl (C=O) groups excluding carboxylic acids is 2. The molecule has 126 valence electrons. The van der Waals surface area contributed by atoms with E-state index < -0.39 is 23.8 Å². The first kappa shape index (κ1) is 16.9. The summed E-state index contributed by atoms with van der Waals surface area (Å²) in [5, 5.41) is 2.60. The summed E-state index contributed by atoms with van der Waals surface area (Å²) in [6.45, 7) is 1.48. The molecule has 1 aromatic heterocycles. The van der Waals surface area contributed by atoms with Crippen molar-refractivity contribution >= 4 is 40.5 Å². The molecule has 0 unspecified atom stereocenters. The van der Waals surface area contributed by atoms with E-state index in [-0.39, 0.29) is 10.7 Å². The van der Waals surface area contributed by atoms with Gasteiger partial charge in [0.25, 0.3) is 5.91 Å². The van der Waals surface area contributed by atoms with Crippen molar-refractivity contribution in [2.75, 3.05) is 5.32 Å². The summed E-state index contributed by atoms with van der Waals surface area (Å²) in [6, 6.07) is 5.48. The number of anilines is 1. The van der Waals surface area contributed by atoms with Gasteiger partial charge in [0, 0.05) is 4.88 Å². The molecule has 1 atom stereocenters. The minimum atomic E-state index is -0.990. The van der Waals surface area contributed by atoms with Gasteiger partial charge in [-0.2, -0.15) is 0 Å². The number of halogens is 2. The van der Waals surface area contributed by atoms with Crippen molar-refractivity contribution in [2.45, 2.75) is 32.3 Å². The van der Waals surface area contributed by atoms with E-state index in [1.807, 2.05) is 6.07 Å². The second-order valence-corrected chi connectivity index (χ2v) is 7.12. The topological polar surface area (TPSA) is 55.4 Å². The van der Waals surface area contributed by atoms with E-state index in [4.69, 9.17) is 16.3 Å². The van der Waals surface area contributed by atoms with Crippen LogP contribution in [0.3, 0.4) is 0 Å². The molecule has 0 bridgehead atoms. The zero-order valence-corrected chi connectivity index (χ0v) is 14.5. The van der Waals surface area contributed by atoms with Gasteiger partial charge in [0.1, 0.15) is 10.7 Å². The normalized spacial score (nSPS) is 14.1. The Morgan fingerprint density at radius 1 is 1.33 bits per heavy atom. The summed E-state index contributed by atoms with van der Waals surface area (Å²) in [7, 11) is 0. The van der Waals surface area contributed by atoms with Crippen molar-refractivity contribution in [2.24, 2.45) is 0 Å². The molecule has 0 aliphatic heterocycles. The van der Waals surface area contributed by atoms with E-state index in [1.54, 1.807) is 0 Å². The number of amides is 1. The number of benzene rings is 1. The number of hydrogen-bond donors (Lipinski definition) is 1. The van der Waals surface area contributed by atoms with E-state index in [9.17, 15) is 14.0 Å². The third-order valence-corrected chi connectivity index (χ3v) is 5.32. The van der Waals surface area contributed by atoms with Crippen LogP contribution in [0.2, 0.25) is 5.02 Å². The van der Waals surface area contributed by atoms with Crippen molar-refractivity contribution < 1.29 is 18.7 Å². The Hall–Kier alpha value is -1.92. The van der Waals surface area contributed by atoms with Crippen LogP contribution in [-0.2, 0) is 22.4 Å². The average Bonchev–Trinajstić information content (AvgIpc) is 3.11. The van der Waals surface area contributed by atoms with Crippen LogP contribution < -0.4 is 5.32 Å². The number of esters is 1. The third-order valence-electron chi connectivity index (χ3n) is 3.79. The monoisotopic (exact) mass is 367 g/mol. The Balaban J connectivity index is 1.61. The van der Waals surface area contributed by atoms with Gasteiger partial charge in [0.2, 0.25) is 0 Å². The molecular weight excluding hydrogens is 353 g/mol. The Labute approximate surface area is 147 Å². The van der Waals surface area contributed by atoms with Crippen LogP contribution >= 0.6 is 22.9 Å². The van der Waals surface area contributed by atoms with Crippen LogP contribution in [0, 0.1) is 5.82 Å². The molecule has 0 saturated heterocycles. The molecule has 4 nitrogen and oxygen atoms in total. The lowest BCUT2D eigenvalue weighted by Crippen LogP contribution is -2.29. The Morgan fingerprint density at radius 3 is 2.83 bits per heavy atom. The van der Waals surface area contributed by atoms with Crippen molar-refractivity contribution in [1.82, 2.24) is 0 Å². The summed E-state index contributed by atoms with van der Waals surface area (Å²) in [4.78, 5) is 26.0. The molecule has 3 rings (SSSR count). The molecule has 24 heavy (non-hydrogen) atoms. The second kappa shape index (κ2) is 6.91. The fourth-order valence-corrected chi connectivity index (χ4v) is 3.88. The van der Waals surface area contributed by atoms with Gasteiger partial charge >= 0.3 is 5.97 Å². The van der Waals surface area contributed by atoms with E-state index in [0.29, 0.717) is 4.88 Å². The maximum atomic E-state index is 13.0. The van der Waals surface area contributed by atoms with Gasteiger partial charge in [-0.3, -0.25) is 4.79 Å². The molecule has 1 aliphatic carbocycles. The minimum absolute atomic E-state index is 0.0801. The molecule has 0 radical (unpaired) electrons. The van der Waals surface area contributed by atoms with Gasteiger partial charge in [-0.15, -0.1) is 11.3 Å². The molecule has 0 saturated carbocycles. The smallest absolute Gasteiger partial charge is 0.349 e. The quantitative estimate of drug-likeness (QED) is 0.823. The predicted molar refractivity (Wildman–Crippen MR) is 91.3 cm³/mol. The Kier molecular flexibility index (Phi) is 4.87. The third kappa shape index (κ3) is 3.60. The highest BCUT2D eigenvalue weighted by atomic mass is 35.5. The largest absolute Gasteiger partial charge is 0.448 e. The maximum Gasteiger partial charge on any atom is 0.349 e. The first-order valence-electron chi connectivity index (χ1n) is 7.52. The highest BCUT2D eigenvalue weighted by Crippen LogP contribution is 2.31. The van der Waals surface area contributed by atoms with Gasteiger partial charge < -0.3 is 10.1 Å². The summed E-state index contributed by atoms with van der Waals surface area (Å²) in [5.41, 5.74) is 1.46. The predicted octanol–water partition coefficient (Wildman–Crippen LogP) is 4.21. The zero-order valence-electron chi connectivity index (χ0n) is 12.9. The molecular formula is C17H15ClFNO3S. The molecule has 2 aromatic rings. The number of carbonyl (C=O) groups is 2. The van der Waals surface area contributed by atoms with Crippen LogP contribution in [0.4, 0.5) is 10.1 Å². The minimum Gasteiger partial charge on any atom is -0.448 e. The van der Waals surface area contributed by atoms with Crippen molar-refractivity contribution in [3.8, 4) is 0 Å². The molecule has 1 heterocycles. The molecule has 7 heteroatoms. The molecule has 0 fully saturated rings. The molecule has 1 N–H and O–H groups in total. The van der Waals surface area contributed by atoms with Crippen LogP contribution in [0.25, 0.3) is 0 Å². The van der Waals surface area contributed by atoms with Gasteiger partial charge in [0.15, 0.2) is 6.10 Å². The number of hydrogen-bond acceptors (Lipinski definition) is 4. The number of ether oxygens (including phenoxy) is 1. The van der Waals surface area contributed by atoms with Crippen LogP contribution in [-0.4, -0.2) is 18.0 Å².